The lowest BCUT2D eigenvalue weighted by atomic mass is 10.1. The predicted molar refractivity (Wildman–Crippen MR) is 103 cm³/mol. The minimum Gasteiger partial charge on any atom is -0.364 e. The number of nitrogens with zero attached hydrogens (tertiary/aromatic N) is 5. The summed E-state index contributed by atoms with van der Waals surface area (Å²) in [6.45, 7) is 4.52. The minimum atomic E-state index is -0.547. The highest BCUT2D eigenvalue weighted by atomic mass is 16.1. The minimum absolute atomic E-state index is 0.188. The van der Waals surface area contributed by atoms with Crippen molar-refractivity contribution in [3.8, 4) is 5.69 Å². The van der Waals surface area contributed by atoms with Gasteiger partial charge < -0.3 is 15.2 Å². The van der Waals surface area contributed by atoms with Crippen molar-refractivity contribution in [2.45, 2.75) is 6.54 Å². The van der Waals surface area contributed by atoms with Crippen molar-refractivity contribution in [1.29, 1.82) is 0 Å². The van der Waals surface area contributed by atoms with Crippen molar-refractivity contribution >= 4 is 11.7 Å². The van der Waals surface area contributed by atoms with E-state index in [1.165, 1.54) is 5.56 Å². The maximum Gasteiger partial charge on any atom is 0.268 e. The van der Waals surface area contributed by atoms with E-state index in [4.69, 9.17) is 5.73 Å². The number of aromatic nitrogens is 3. The number of anilines is 1. The summed E-state index contributed by atoms with van der Waals surface area (Å²) < 4.78 is 1.99. The van der Waals surface area contributed by atoms with Crippen LogP contribution in [-0.2, 0) is 6.54 Å². The normalized spacial score (nSPS) is 15.0. The number of primary amides is 1. The fraction of sp³-hybridized carbons (Fsp3) is 0.250. The second-order valence-electron chi connectivity index (χ2n) is 6.56. The van der Waals surface area contributed by atoms with Gasteiger partial charge in [0.05, 0.1) is 6.33 Å². The highest BCUT2D eigenvalue weighted by Crippen LogP contribution is 2.16. The van der Waals surface area contributed by atoms with E-state index in [1.807, 2.05) is 16.8 Å². The molecule has 3 aromatic rings. The molecule has 0 spiro atoms. The lowest BCUT2D eigenvalue weighted by Gasteiger charge is -2.35. The van der Waals surface area contributed by atoms with Gasteiger partial charge in [-0.25, -0.2) is 9.97 Å². The number of pyridine rings is 1. The van der Waals surface area contributed by atoms with Gasteiger partial charge >= 0.3 is 0 Å². The molecule has 0 unspecified atom stereocenters. The molecule has 1 aliphatic heterocycles. The molecule has 7 heteroatoms. The second-order valence-corrected chi connectivity index (χ2v) is 6.56. The van der Waals surface area contributed by atoms with Crippen LogP contribution in [0, 0.1) is 6.07 Å². The number of hydrogen-bond acceptors (Lipinski definition) is 5. The second kappa shape index (κ2) is 7.59. The van der Waals surface area contributed by atoms with Crippen LogP contribution in [0.15, 0.2) is 55.1 Å². The number of hydrogen-bond donors (Lipinski definition) is 1. The molecule has 0 atom stereocenters. The van der Waals surface area contributed by atoms with Crippen LogP contribution in [0.1, 0.15) is 16.1 Å². The van der Waals surface area contributed by atoms with Gasteiger partial charge in [-0.3, -0.25) is 9.69 Å². The number of imidazole rings is 1. The first-order chi connectivity index (χ1) is 13.2. The monoisotopic (exact) mass is 361 g/mol. The molecular weight excluding hydrogens is 340 g/mol. The van der Waals surface area contributed by atoms with Crippen molar-refractivity contribution in [3.63, 3.8) is 0 Å². The van der Waals surface area contributed by atoms with Crippen molar-refractivity contribution < 1.29 is 4.79 Å². The van der Waals surface area contributed by atoms with Crippen LogP contribution in [0.25, 0.3) is 5.69 Å². The quantitative estimate of drug-likeness (QED) is 0.745. The maximum absolute atomic E-state index is 11.3. The summed E-state index contributed by atoms with van der Waals surface area (Å²) in [5, 5.41) is 0. The first kappa shape index (κ1) is 17.2. The Kier molecular flexibility index (Phi) is 4.84. The number of benzene rings is 1. The third-order valence-corrected chi connectivity index (χ3v) is 4.75. The third kappa shape index (κ3) is 3.98. The summed E-state index contributed by atoms with van der Waals surface area (Å²) in [7, 11) is 0. The number of rotatable bonds is 5. The Balaban J connectivity index is 1.34. The molecule has 2 N–H and O–H groups in total. The lowest BCUT2D eigenvalue weighted by Crippen LogP contribution is -2.46. The van der Waals surface area contributed by atoms with Gasteiger partial charge in [0.25, 0.3) is 5.91 Å². The Hall–Kier alpha value is -3.19. The van der Waals surface area contributed by atoms with Gasteiger partial charge in [-0.05, 0) is 29.8 Å². The van der Waals surface area contributed by atoms with Gasteiger partial charge in [-0.2, -0.15) is 0 Å². The third-order valence-electron chi connectivity index (χ3n) is 4.75. The van der Waals surface area contributed by atoms with Gasteiger partial charge in [0.1, 0.15) is 11.5 Å². The molecule has 1 fully saturated rings. The van der Waals surface area contributed by atoms with Crippen molar-refractivity contribution in [2.75, 3.05) is 31.1 Å². The van der Waals surface area contributed by atoms with Crippen LogP contribution in [0.4, 0.5) is 5.82 Å². The lowest BCUT2D eigenvalue weighted by molar-refractivity contribution is 0.0995. The average molecular weight is 361 g/mol. The highest BCUT2D eigenvalue weighted by molar-refractivity contribution is 5.90. The molecule has 1 amide bonds. The molecule has 7 nitrogen and oxygen atoms in total. The maximum atomic E-state index is 11.3. The van der Waals surface area contributed by atoms with E-state index < -0.39 is 5.91 Å². The van der Waals surface area contributed by atoms with Gasteiger partial charge in [-0.15, -0.1) is 0 Å². The van der Waals surface area contributed by atoms with Crippen molar-refractivity contribution in [1.82, 2.24) is 19.4 Å². The van der Waals surface area contributed by atoms with Crippen LogP contribution < -0.4 is 10.6 Å². The fourth-order valence-corrected chi connectivity index (χ4v) is 3.26. The summed E-state index contributed by atoms with van der Waals surface area (Å²) in [6.07, 6.45) is 5.51. The molecule has 1 aromatic carbocycles. The number of carbonyl (C=O) groups excluding carboxylic acids is 1. The van der Waals surface area contributed by atoms with Gasteiger partial charge in [0.15, 0.2) is 0 Å². The van der Waals surface area contributed by atoms with E-state index in [1.54, 1.807) is 18.6 Å². The Labute approximate surface area is 158 Å². The molecule has 4 rings (SSSR count). The smallest absolute Gasteiger partial charge is 0.268 e. The van der Waals surface area contributed by atoms with Crippen LogP contribution in [0.2, 0.25) is 0 Å². The van der Waals surface area contributed by atoms with Gasteiger partial charge in [0.2, 0.25) is 0 Å². The molecule has 1 aliphatic rings. The summed E-state index contributed by atoms with van der Waals surface area (Å²) >= 11 is 0. The van der Waals surface area contributed by atoms with Crippen LogP contribution in [0.3, 0.4) is 0 Å². The zero-order valence-corrected chi connectivity index (χ0v) is 15.0. The van der Waals surface area contributed by atoms with Crippen LogP contribution >= 0.6 is 0 Å². The molecule has 3 heterocycles. The molecule has 2 aromatic heterocycles. The van der Waals surface area contributed by atoms with E-state index in [-0.39, 0.29) is 5.69 Å². The van der Waals surface area contributed by atoms with E-state index in [9.17, 15) is 4.79 Å². The molecule has 0 aliphatic carbocycles. The Bertz CT molecular complexity index is 898. The number of amides is 1. The topological polar surface area (TPSA) is 80.3 Å². The molecule has 137 valence electrons. The number of piperazine rings is 1. The molecule has 0 saturated carbocycles. The SMILES string of the molecule is NC(=O)c1[c]ccc(N2CCN(Cc3ccc(-n4ccnc4)cc3)CC2)n1. The van der Waals surface area contributed by atoms with Crippen molar-refractivity contribution in [3.05, 3.63) is 72.4 Å². The molecule has 1 radical (unpaired) electrons. The fourth-order valence-electron chi connectivity index (χ4n) is 3.26. The summed E-state index contributed by atoms with van der Waals surface area (Å²) in [5.41, 5.74) is 7.88. The first-order valence-electron chi connectivity index (χ1n) is 8.92. The standard InChI is InChI=1S/C20H21N6O/c21-20(27)18-2-1-3-19(23-18)25-12-10-24(11-13-25)14-16-4-6-17(7-5-16)26-9-8-22-15-26/h1,3-9,15H,10-14H2,(H2,21,27). The van der Waals surface area contributed by atoms with Gasteiger partial charge in [-0.1, -0.05) is 12.1 Å². The highest BCUT2D eigenvalue weighted by Gasteiger charge is 2.19. The van der Waals surface area contributed by atoms with E-state index >= 15 is 0 Å². The average Bonchev–Trinajstić information content (AvgIpc) is 3.24. The first-order valence-corrected chi connectivity index (χ1v) is 8.92. The summed E-state index contributed by atoms with van der Waals surface area (Å²) in [5.74, 6) is 0.238. The number of nitrogens with two attached hydrogens (primary N) is 1. The zero-order chi connectivity index (χ0) is 18.6. The predicted octanol–water partition coefficient (Wildman–Crippen LogP) is 1.49. The molecular formula is C20H21N6O. The van der Waals surface area contributed by atoms with Gasteiger partial charge in [0, 0.05) is 56.9 Å². The van der Waals surface area contributed by atoms with E-state index in [0.29, 0.717) is 0 Å². The Morgan fingerprint density at radius 2 is 1.89 bits per heavy atom. The van der Waals surface area contributed by atoms with E-state index in [0.717, 1.165) is 44.2 Å². The Morgan fingerprint density at radius 3 is 2.56 bits per heavy atom. The molecule has 0 bridgehead atoms. The summed E-state index contributed by atoms with van der Waals surface area (Å²) in [4.78, 5) is 24.3. The zero-order valence-electron chi connectivity index (χ0n) is 15.0. The van der Waals surface area contributed by atoms with E-state index in [2.05, 4.69) is 50.1 Å². The largest absolute Gasteiger partial charge is 0.364 e. The van der Waals surface area contributed by atoms with Crippen LogP contribution in [0.5, 0.6) is 0 Å². The molecule has 27 heavy (non-hydrogen) atoms. The Morgan fingerprint density at radius 1 is 1.11 bits per heavy atom. The van der Waals surface area contributed by atoms with Crippen LogP contribution in [-0.4, -0.2) is 51.5 Å². The van der Waals surface area contributed by atoms with Crippen molar-refractivity contribution in [2.24, 2.45) is 5.73 Å². The molecule has 1 saturated heterocycles. The summed E-state index contributed by atoms with van der Waals surface area (Å²) in [6, 6.07) is 14.9. The number of carbonyl (C=O) groups is 1.